The van der Waals surface area contributed by atoms with Crippen molar-refractivity contribution in [2.24, 2.45) is 0 Å². The second-order valence-corrected chi connectivity index (χ2v) is 9.46. The van der Waals surface area contributed by atoms with Crippen LogP contribution in [0.1, 0.15) is 5.56 Å². The number of anilines is 2. The average Bonchev–Trinajstić information content (AvgIpc) is 3.10. The first kappa shape index (κ1) is 24.2. The van der Waals surface area contributed by atoms with Gasteiger partial charge in [-0.05, 0) is 60.2 Å². The van der Waals surface area contributed by atoms with Crippen LogP contribution in [0.2, 0.25) is 10.0 Å². The molecule has 1 fully saturated rings. The standard InChI is InChI=1S/C24H15Cl2FN2O3S2/c25-18-2-1-3-19(22(18)26)28-21(30)13-32-17-10-4-14(5-11-17)12-20-23(31)29(24(33)34-20)16-8-6-15(27)7-9-16/h1-12H,13H2,(H,28,30)/b20-12-. The van der Waals surface area contributed by atoms with Gasteiger partial charge in [-0.25, -0.2) is 4.39 Å². The first-order valence-electron chi connectivity index (χ1n) is 9.82. The van der Waals surface area contributed by atoms with Crippen LogP contribution in [0.4, 0.5) is 15.8 Å². The molecule has 0 saturated carbocycles. The number of nitrogens with one attached hydrogen (secondary N) is 1. The van der Waals surface area contributed by atoms with Gasteiger partial charge in [-0.2, -0.15) is 0 Å². The normalized spacial score (nSPS) is 14.6. The van der Waals surface area contributed by atoms with E-state index in [-0.39, 0.29) is 17.5 Å². The summed E-state index contributed by atoms with van der Waals surface area (Å²) in [6.07, 6.45) is 1.71. The van der Waals surface area contributed by atoms with Crippen molar-refractivity contribution < 1.29 is 18.7 Å². The number of nitrogens with zero attached hydrogens (tertiary/aromatic N) is 1. The third kappa shape index (κ3) is 5.59. The Bertz CT molecular complexity index is 1300. The first-order valence-corrected chi connectivity index (χ1v) is 11.8. The van der Waals surface area contributed by atoms with Gasteiger partial charge in [0.2, 0.25) is 0 Å². The summed E-state index contributed by atoms with van der Waals surface area (Å²) in [6, 6.07) is 17.4. The zero-order valence-corrected chi connectivity index (χ0v) is 20.4. The highest BCUT2D eigenvalue weighted by molar-refractivity contribution is 8.27. The zero-order chi connectivity index (χ0) is 24.2. The van der Waals surface area contributed by atoms with Crippen molar-refractivity contribution in [3.63, 3.8) is 0 Å². The molecule has 1 aliphatic heterocycles. The Morgan fingerprint density at radius 3 is 2.50 bits per heavy atom. The van der Waals surface area contributed by atoms with Crippen LogP contribution in [0, 0.1) is 5.82 Å². The van der Waals surface area contributed by atoms with Crippen LogP contribution in [0.15, 0.2) is 71.6 Å². The summed E-state index contributed by atoms with van der Waals surface area (Å²) in [6.45, 7) is -0.224. The molecule has 1 heterocycles. The Hall–Kier alpha value is -2.91. The second-order valence-electron chi connectivity index (χ2n) is 7.00. The summed E-state index contributed by atoms with van der Waals surface area (Å²) in [5.74, 6) is -0.586. The SMILES string of the molecule is O=C(COc1ccc(/C=C2\SC(=S)N(c3ccc(F)cc3)C2=O)cc1)Nc1cccc(Cl)c1Cl. The van der Waals surface area contributed by atoms with Crippen molar-refractivity contribution in [3.05, 3.63) is 93.1 Å². The molecule has 10 heteroatoms. The van der Waals surface area contributed by atoms with Crippen molar-refractivity contribution >= 4 is 80.8 Å². The van der Waals surface area contributed by atoms with Gasteiger partial charge in [0.25, 0.3) is 11.8 Å². The highest BCUT2D eigenvalue weighted by Gasteiger charge is 2.33. The number of hydrogen-bond donors (Lipinski definition) is 1. The van der Waals surface area contributed by atoms with Crippen LogP contribution in [0.5, 0.6) is 5.75 Å². The molecule has 1 aliphatic rings. The van der Waals surface area contributed by atoms with Crippen molar-refractivity contribution in [2.45, 2.75) is 0 Å². The summed E-state index contributed by atoms with van der Waals surface area (Å²) >= 11 is 18.5. The molecule has 3 aromatic carbocycles. The molecule has 34 heavy (non-hydrogen) atoms. The quantitative estimate of drug-likeness (QED) is 0.288. The summed E-state index contributed by atoms with van der Waals surface area (Å²) < 4.78 is 19.1. The van der Waals surface area contributed by atoms with E-state index in [0.29, 0.717) is 31.4 Å². The molecular weight excluding hydrogens is 518 g/mol. The van der Waals surface area contributed by atoms with Crippen LogP contribution < -0.4 is 15.0 Å². The third-order valence-corrected chi connectivity index (χ3v) is 6.77. The Morgan fingerprint density at radius 2 is 1.79 bits per heavy atom. The topological polar surface area (TPSA) is 58.6 Å². The number of ether oxygens (including phenoxy) is 1. The Labute approximate surface area is 214 Å². The Morgan fingerprint density at radius 1 is 1.09 bits per heavy atom. The third-order valence-electron chi connectivity index (χ3n) is 4.65. The Kier molecular flexibility index (Phi) is 7.53. The summed E-state index contributed by atoms with van der Waals surface area (Å²) in [5.41, 5.74) is 1.66. The van der Waals surface area contributed by atoms with Gasteiger partial charge < -0.3 is 10.1 Å². The molecule has 3 aromatic rings. The van der Waals surface area contributed by atoms with Gasteiger partial charge in [-0.3, -0.25) is 14.5 Å². The Balaban J connectivity index is 1.37. The molecule has 1 saturated heterocycles. The van der Waals surface area contributed by atoms with Crippen molar-refractivity contribution in [3.8, 4) is 5.75 Å². The molecule has 1 N–H and O–H groups in total. The van der Waals surface area contributed by atoms with Crippen LogP contribution >= 0.6 is 47.2 Å². The van der Waals surface area contributed by atoms with Gasteiger partial charge in [0.1, 0.15) is 11.6 Å². The highest BCUT2D eigenvalue weighted by Crippen LogP contribution is 2.36. The van der Waals surface area contributed by atoms with E-state index in [1.807, 2.05) is 0 Å². The summed E-state index contributed by atoms with van der Waals surface area (Å²) in [7, 11) is 0. The van der Waals surface area contributed by atoms with Gasteiger partial charge in [0, 0.05) is 0 Å². The number of hydrogen-bond acceptors (Lipinski definition) is 5. The average molecular weight is 533 g/mol. The molecule has 2 amide bonds. The van der Waals surface area contributed by atoms with Crippen LogP contribution in [0.25, 0.3) is 6.08 Å². The van der Waals surface area contributed by atoms with Crippen LogP contribution in [-0.4, -0.2) is 22.7 Å². The highest BCUT2D eigenvalue weighted by atomic mass is 35.5. The van der Waals surface area contributed by atoms with Gasteiger partial charge in [0.15, 0.2) is 10.9 Å². The van der Waals surface area contributed by atoms with Crippen molar-refractivity contribution in [2.75, 3.05) is 16.8 Å². The van der Waals surface area contributed by atoms with Gasteiger partial charge >= 0.3 is 0 Å². The van der Waals surface area contributed by atoms with E-state index in [4.69, 9.17) is 40.2 Å². The molecule has 0 spiro atoms. The van der Waals surface area contributed by atoms with Crippen LogP contribution in [0.3, 0.4) is 0 Å². The number of carbonyl (C=O) groups excluding carboxylic acids is 2. The molecule has 0 aromatic heterocycles. The predicted molar refractivity (Wildman–Crippen MR) is 139 cm³/mol. The molecule has 0 atom stereocenters. The maximum Gasteiger partial charge on any atom is 0.270 e. The lowest BCUT2D eigenvalue weighted by atomic mass is 10.2. The molecule has 0 aliphatic carbocycles. The molecule has 0 radical (unpaired) electrons. The molecule has 4 rings (SSSR count). The maximum atomic E-state index is 13.2. The fourth-order valence-electron chi connectivity index (χ4n) is 3.03. The molecule has 0 unspecified atom stereocenters. The second kappa shape index (κ2) is 10.6. The van der Waals surface area contributed by atoms with E-state index in [9.17, 15) is 14.0 Å². The minimum absolute atomic E-state index is 0.224. The molecule has 5 nitrogen and oxygen atoms in total. The molecular formula is C24H15Cl2FN2O3S2. The number of carbonyl (C=O) groups is 2. The smallest absolute Gasteiger partial charge is 0.270 e. The number of halogens is 3. The lowest BCUT2D eigenvalue weighted by Gasteiger charge is -2.14. The largest absolute Gasteiger partial charge is 0.484 e. The van der Waals surface area contributed by atoms with E-state index in [1.54, 1.807) is 48.5 Å². The lowest BCUT2D eigenvalue weighted by Crippen LogP contribution is -2.27. The number of benzene rings is 3. The van der Waals surface area contributed by atoms with E-state index in [1.165, 1.54) is 40.9 Å². The fourth-order valence-corrected chi connectivity index (χ4v) is 4.67. The van der Waals surface area contributed by atoms with E-state index >= 15 is 0 Å². The minimum atomic E-state index is -0.391. The van der Waals surface area contributed by atoms with Crippen molar-refractivity contribution in [1.29, 1.82) is 0 Å². The maximum absolute atomic E-state index is 13.2. The van der Waals surface area contributed by atoms with E-state index < -0.39 is 11.7 Å². The van der Waals surface area contributed by atoms with Crippen LogP contribution in [-0.2, 0) is 9.59 Å². The fraction of sp³-hybridized carbons (Fsp3) is 0.0417. The van der Waals surface area contributed by atoms with E-state index in [2.05, 4.69) is 5.32 Å². The zero-order valence-electron chi connectivity index (χ0n) is 17.3. The number of thioether (sulfide) groups is 1. The monoisotopic (exact) mass is 532 g/mol. The van der Waals surface area contributed by atoms with Gasteiger partial charge in [-0.1, -0.05) is 65.4 Å². The number of thiocarbonyl (C=S) groups is 1. The minimum Gasteiger partial charge on any atom is -0.484 e. The predicted octanol–water partition coefficient (Wildman–Crippen LogP) is 6.56. The van der Waals surface area contributed by atoms with E-state index in [0.717, 1.165) is 5.56 Å². The number of amides is 2. The molecule has 172 valence electrons. The lowest BCUT2D eigenvalue weighted by molar-refractivity contribution is -0.118. The van der Waals surface area contributed by atoms with Gasteiger partial charge in [0.05, 0.1) is 26.3 Å². The molecule has 0 bridgehead atoms. The summed E-state index contributed by atoms with van der Waals surface area (Å²) in [4.78, 5) is 26.8. The summed E-state index contributed by atoms with van der Waals surface area (Å²) in [5, 5.41) is 3.24. The first-order chi connectivity index (χ1) is 16.3. The van der Waals surface area contributed by atoms with Gasteiger partial charge in [-0.15, -0.1) is 0 Å². The number of rotatable bonds is 6. The van der Waals surface area contributed by atoms with Crippen molar-refractivity contribution in [1.82, 2.24) is 0 Å².